The summed E-state index contributed by atoms with van der Waals surface area (Å²) in [7, 11) is 0. The Morgan fingerprint density at radius 2 is 2.00 bits per heavy atom. The van der Waals surface area contributed by atoms with Crippen molar-refractivity contribution in [2.75, 3.05) is 0 Å². The van der Waals surface area contributed by atoms with Crippen LogP contribution >= 0.6 is 22.6 Å². The molecule has 92 valence electrons. The highest BCUT2D eigenvalue weighted by Crippen LogP contribution is 2.19. The second-order valence-corrected chi connectivity index (χ2v) is 5.57. The Labute approximate surface area is 115 Å². The van der Waals surface area contributed by atoms with E-state index < -0.39 is 6.10 Å². The standard InChI is InChI=1S/C13H16INO2/c14-10-6-2-1-5-9(10)13(17)15-11-7-3-4-8-12(11)16/h1-2,5-6,11-12,16H,3-4,7-8H2,(H,15,17)/t11-,12?/m0/s1. The van der Waals surface area contributed by atoms with E-state index >= 15 is 0 Å². The molecule has 3 nitrogen and oxygen atoms in total. The largest absolute Gasteiger partial charge is 0.391 e. The second kappa shape index (κ2) is 5.82. The fourth-order valence-electron chi connectivity index (χ4n) is 2.17. The molecule has 2 atom stereocenters. The molecule has 0 spiro atoms. The van der Waals surface area contributed by atoms with E-state index in [2.05, 4.69) is 27.9 Å². The smallest absolute Gasteiger partial charge is 0.252 e. The molecule has 1 saturated carbocycles. The number of hydrogen-bond donors (Lipinski definition) is 2. The molecule has 4 heteroatoms. The molecule has 17 heavy (non-hydrogen) atoms. The fraction of sp³-hybridized carbons (Fsp3) is 0.462. The van der Waals surface area contributed by atoms with Crippen LogP contribution in [0.15, 0.2) is 24.3 Å². The van der Waals surface area contributed by atoms with Gasteiger partial charge in [0.15, 0.2) is 0 Å². The van der Waals surface area contributed by atoms with Crippen LogP contribution in [0.1, 0.15) is 36.0 Å². The number of amides is 1. The Morgan fingerprint density at radius 3 is 2.71 bits per heavy atom. The third kappa shape index (κ3) is 3.19. The molecular weight excluding hydrogens is 329 g/mol. The van der Waals surface area contributed by atoms with Crippen molar-refractivity contribution in [2.24, 2.45) is 0 Å². The topological polar surface area (TPSA) is 49.3 Å². The summed E-state index contributed by atoms with van der Waals surface area (Å²) in [5.74, 6) is -0.0825. The first-order chi connectivity index (χ1) is 8.18. The lowest BCUT2D eigenvalue weighted by atomic mass is 9.92. The highest BCUT2D eigenvalue weighted by atomic mass is 127. The van der Waals surface area contributed by atoms with Gasteiger partial charge >= 0.3 is 0 Å². The minimum Gasteiger partial charge on any atom is -0.391 e. The van der Waals surface area contributed by atoms with Gasteiger partial charge in [0.1, 0.15) is 0 Å². The van der Waals surface area contributed by atoms with Crippen molar-refractivity contribution in [2.45, 2.75) is 37.8 Å². The van der Waals surface area contributed by atoms with E-state index in [1.807, 2.05) is 24.3 Å². The molecule has 0 saturated heterocycles. The van der Waals surface area contributed by atoms with Crippen LogP contribution in [-0.4, -0.2) is 23.2 Å². The zero-order valence-electron chi connectivity index (χ0n) is 9.53. The first-order valence-electron chi connectivity index (χ1n) is 5.92. The van der Waals surface area contributed by atoms with Crippen LogP contribution in [0.3, 0.4) is 0 Å². The fourth-order valence-corrected chi connectivity index (χ4v) is 2.80. The van der Waals surface area contributed by atoms with Crippen molar-refractivity contribution >= 4 is 28.5 Å². The SMILES string of the molecule is O=C(N[C@H]1CCCCC1O)c1ccccc1I. The van der Waals surface area contributed by atoms with E-state index in [9.17, 15) is 9.90 Å². The Kier molecular flexibility index (Phi) is 4.39. The van der Waals surface area contributed by atoms with E-state index in [1.165, 1.54) is 0 Å². The summed E-state index contributed by atoms with van der Waals surface area (Å²) in [4.78, 5) is 12.1. The quantitative estimate of drug-likeness (QED) is 0.809. The van der Waals surface area contributed by atoms with Crippen molar-refractivity contribution in [3.05, 3.63) is 33.4 Å². The van der Waals surface area contributed by atoms with Crippen LogP contribution in [0.25, 0.3) is 0 Å². The number of benzene rings is 1. The monoisotopic (exact) mass is 345 g/mol. The second-order valence-electron chi connectivity index (χ2n) is 4.41. The number of nitrogens with one attached hydrogen (secondary N) is 1. The molecule has 1 aliphatic carbocycles. The lowest BCUT2D eigenvalue weighted by Gasteiger charge is -2.28. The van der Waals surface area contributed by atoms with Crippen molar-refractivity contribution in [1.29, 1.82) is 0 Å². The lowest BCUT2D eigenvalue weighted by molar-refractivity contribution is 0.0716. The van der Waals surface area contributed by atoms with Crippen LogP contribution in [0.2, 0.25) is 0 Å². The Balaban J connectivity index is 2.04. The van der Waals surface area contributed by atoms with Crippen molar-refractivity contribution in [3.8, 4) is 0 Å². The zero-order valence-corrected chi connectivity index (χ0v) is 11.7. The summed E-state index contributed by atoms with van der Waals surface area (Å²) in [5.41, 5.74) is 0.686. The summed E-state index contributed by atoms with van der Waals surface area (Å²) < 4.78 is 0.938. The summed E-state index contributed by atoms with van der Waals surface area (Å²) in [5, 5.41) is 12.7. The van der Waals surface area contributed by atoms with Gasteiger partial charge in [0.05, 0.1) is 17.7 Å². The van der Waals surface area contributed by atoms with Gasteiger partial charge in [0.25, 0.3) is 5.91 Å². The number of hydrogen-bond acceptors (Lipinski definition) is 2. The number of halogens is 1. The minimum atomic E-state index is -0.394. The third-order valence-corrected chi connectivity index (χ3v) is 4.11. The molecule has 0 radical (unpaired) electrons. The van der Waals surface area contributed by atoms with E-state index in [-0.39, 0.29) is 11.9 Å². The van der Waals surface area contributed by atoms with Gasteiger partial charge in [-0.25, -0.2) is 0 Å². The van der Waals surface area contributed by atoms with Gasteiger partial charge < -0.3 is 10.4 Å². The van der Waals surface area contributed by atoms with Gasteiger partial charge in [-0.3, -0.25) is 4.79 Å². The van der Waals surface area contributed by atoms with Crippen LogP contribution in [-0.2, 0) is 0 Å². The van der Waals surface area contributed by atoms with Gasteiger partial charge in [-0.1, -0.05) is 25.0 Å². The van der Waals surface area contributed by atoms with Crippen LogP contribution in [0, 0.1) is 3.57 Å². The molecule has 0 bridgehead atoms. The van der Waals surface area contributed by atoms with E-state index in [4.69, 9.17) is 0 Å². The first-order valence-corrected chi connectivity index (χ1v) is 7.00. The van der Waals surface area contributed by atoms with E-state index in [1.54, 1.807) is 0 Å². The third-order valence-electron chi connectivity index (χ3n) is 3.16. The van der Waals surface area contributed by atoms with E-state index in [0.717, 1.165) is 29.3 Å². The molecule has 1 aromatic rings. The number of aliphatic hydroxyl groups is 1. The highest BCUT2D eigenvalue weighted by molar-refractivity contribution is 14.1. The van der Waals surface area contributed by atoms with Gasteiger partial charge in [-0.05, 0) is 47.6 Å². The number of carbonyl (C=O) groups excluding carboxylic acids is 1. The molecule has 1 unspecified atom stereocenters. The Bertz CT molecular complexity index is 408. The molecule has 2 rings (SSSR count). The van der Waals surface area contributed by atoms with Gasteiger partial charge in [0.2, 0.25) is 0 Å². The average Bonchev–Trinajstić information content (AvgIpc) is 2.32. The van der Waals surface area contributed by atoms with Crippen molar-refractivity contribution < 1.29 is 9.90 Å². The molecular formula is C13H16INO2. The van der Waals surface area contributed by atoms with Crippen LogP contribution in [0.5, 0.6) is 0 Å². The minimum absolute atomic E-state index is 0.0825. The van der Waals surface area contributed by atoms with Crippen LogP contribution < -0.4 is 5.32 Å². The lowest BCUT2D eigenvalue weighted by Crippen LogP contribution is -2.45. The maximum atomic E-state index is 12.1. The maximum absolute atomic E-state index is 12.1. The first kappa shape index (κ1) is 12.8. The number of aliphatic hydroxyl groups excluding tert-OH is 1. The van der Waals surface area contributed by atoms with E-state index in [0.29, 0.717) is 5.56 Å². The average molecular weight is 345 g/mol. The maximum Gasteiger partial charge on any atom is 0.252 e. The molecule has 1 fully saturated rings. The summed E-state index contributed by atoms with van der Waals surface area (Å²) in [6, 6.07) is 7.40. The molecule has 0 aliphatic heterocycles. The normalized spacial score (nSPS) is 24.4. The van der Waals surface area contributed by atoms with Crippen molar-refractivity contribution in [3.63, 3.8) is 0 Å². The molecule has 1 aliphatic rings. The number of rotatable bonds is 2. The van der Waals surface area contributed by atoms with Gasteiger partial charge in [0, 0.05) is 3.57 Å². The molecule has 0 aromatic heterocycles. The van der Waals surface area contributed by atoms with Gasteiger partial charge in [-0.15, -0.1) is 0 Å². The predicted molar refractivity (Wildman–Crippen MR) is 74.9 cm³/mol. The summed E-state index contributed by atoms with van der Waals surface area (Å²) in [6.07, 6.45) is 3.39. The van der Waals surface area contributed by atoms with Crippen molar-refractivity contribution in [1.82, 2.24) is 5.32 Å². The molecule has 2 N–H and O–H groups in total. The predicted octanol–water partition coefficient (Wildman–Crippen LogP) is 2.32. The Morgan fingerprint density at radius 1 is 1.29 bits per heavy atom. The Hall–Kier alpha value is -0.620. The zero-order chi connectivity index (χ0) is 12.3. The highest BCUT2D eigenvalue weighted by Gasteiger charge is 2.25. The molecule has 1 amide bonds. The number of carbonyl (C=O) groups is 1. The summed E-state index contributed by atoms with van der Waals surface area (Å²) >= 11 is 2.15. The van der Waals surface area contributed by atoms with Gasteiger partial charge in [-0.2, -0.15) is 0 Å². The van der Waals surface area contributed by atoms with Crippen LogP contribution in [0.4, 0.5) is 0 Å². The molecule has 1 aromatic carbocycles. The molecule has 0 heterocycles. The summed E-state index contributed by atoms with van der Waals surface area (Å²) in [6.45, 7) is 0.